The Morgan fingerprint density at radius 1 is 1.21 bits per heavy atom. The topological polar surface area (TPSA) is 50.9 Å². The summed E-state index contributed by atoms with van der Waals surface area (Å²) in [6, 6.07) is 5.84. The highest BCUT2D eigenvalue weighted by Gasteiger charge is 2.07. The zero-order valence-electron chi connectivity index (χ0n) is 9.96. The van der Waals surface area contributed by atoms with Gasteiger partial charge in [-0.1, -0.05) is 23.7 Å². The number of nitrogens with zero attached hydrogens (tertiary/aromatic N) is 1. The predicted molar refractivity (Wildman–Crippen MR) is 70.8 cm³/mol. The van der Waals surface area contributed by atoms with E-state index in [0.717, 1.165) is 6.07 Å². The first kappa shape index (κ1) is 13.7. The summed E-state index contributed by atoms with van der Waals surface area (Å²) in [7, 11) is 0. The van der Waals surface area contributed by atoms with Gasteiger partial charge in [-0.2, -0.15) is 0 Å². The summed E-state index contributed by atoms with van der Waals surface area (Å²) in [4.78, 5) is 3.80. The molecule has 0 aliphatic heterocycles. The number of anilines is 1. The molecule has 0 atom stereocenters. The third kappa shape index (κ3) is 3.39. The van der Waals surface area contributed by atoms with Crippen LogP contribution in [-0.4, -0.2) is 4.98 Å². The van der Waals surface area contributed by atoms with Crippen molar-refractivity contribution in [1.82, 2.24) is 4.98 Å². The average Bonchev–Trinajstić information content (AvgIpc) is 2.39. The van der Waals surface area contributed by atoms with Crippen LogP contribution in [0.2, 0.25) is 5.02 Å². The van der Waals surface area contributed by atoms with Crippen LogP contribution >= 0.6 is 11.6 Å². The van der Waals surface area contributed by atoms with Gasteiger partial charge in [-0.25, -0.2) is 13.8 Å². The zero-order valence-corrected chi connectivity index (χ0v) is 10.7. The second-order valence-corrected chi connectivity index (χ2v) is 4.40. The van der Waals surface area contributed by atoms with E-state index in [-0.39, 0.29) is 29.7 Å². The highest BCUT2D eigenvalue weighted by Crippen LogP contribution is 2.17. The number of pyridine rings is 1. The third-order valence-electron chi connectivity index (χ3n) is 2.61. The van der Waals surface area contributed by atoms with Gasteiger partial charge in [0, 0.05) is 24.8 Å². The van der Waals surface area contributed by atoms with E-state index in [1.807, 2.05) is 0 Å². The Bertz CT molecular complexity index is 590. The van der Waals surface area contributed by atoms with E-state index in [9.17, 15) is 8.78 Å². The lowest BCUT2D eigenvalue weighted by Gasteiger charge is -2.08. The standard InChI is InChI=1S/C13H12ClF2N3/c14-10-4-12(16)13(19-7-10)18-6-9-2-1-8(5-17)3-11(9)15/h1-4,7H,5-6,17H2,(H,18,19). The second-order valence-electron chi connectivity index (χ2n) is 3.97. The fourth-order valence-corrected chi connectivity index (χ4v) is 1.73. The van der Waals surface area contributed by atoms with Crippen LogP contribution < -0.4 is 11.1 Å². The minimum atomic E-state index is -0.577. The molecular formula is C13H12ClF2N3. The van der Waals surface area contributed by atoms with Crippen molar-refractivity contribution in [3.05, 3.63) is 58.2 Å². The van der Waals surface area contributed by atoms with Gasteiger partial charge in [0.05, 0.1) is 5.02 Å². The number of nitrogens with one attached hydrogen (secondary N) is 1. The van der Waals surface area contributed by atoms with E-state index in [0.29, 0.717) is 11.1 Å². The van der Waals surface area contributed by atoms with Crippen molar-refractivity contribution in [1.29, 1.82) is 0 Å². The van der Waals surface area contributed by atoms with Gasteiger partial charge >= 0.3 is 0 Å². The van der Waals surface area contributed by atoms with Gasteiger partial charge < -0.3 is 11.1 Å². The van der Waals surface area contributed by atoms with Crippen LogP contribution in [-0.2, 0) is 13.1 Å². The van der Waals surface area contributed by atoms with Crippen LogP contribution in [0.15, 0.2) is 30.5 Å². The SMILES string of the molecule is NCc1ccc(CNc2ncc(Cl)cc2F)c(F)c1. The molecule has 1 heterocycles. The maximum absolute atomic E-state index is 13.7. The maximum atomic E-state index is 13.7. The van der Waals surface area contributed by atoms with E-state index in [4.69, 9.17) is 17.3 Å². The summed E-state index contributed by atoms with van der Waals surface area (Å²) in [5, 5.41) is 2.93. The van der Waals surface area contributed by atoms with Crippen molar-refractivity contribution in [3.63, 3.8) is 0 Å². The fraction of sp³-hybridized carbons (Fsp3) is 0.154. The van der Waals surface area contributed by atoms with Gasteiger partial charge in [0.25, 0.3) is 0 Å². The first-order chi connectivity index (χ1) is 9.10. The molecule has 100 valence electrons. The summed E-state index contributed by atoms with van der Waals surface area (Å²) in [5.74, 6) is -0.928. The maximum Gasteiger partial charge on any atom is 0.166 e. The largest absolute Gasteiger partial charge is 0.363 e. The molecule has 3 nitrogen and oxygen atoms in total. The molecule has 2 rings (SSSR count). The molecule has 6 heteroatoms. The van der Waals surface area contributed by atoms with Crippen LogP contribution in [0.5, 0.6) is 0 Å². The molecule has 1 aromatic heterocycles. The summed E-state index contributed by atoms with van der Waals surface area (Å²) in [6.07, 6.45) is 1.32. The average molecular weight is 284 g/mol. The number of nitrogens with two attached hydrogens (primary N) is 1. The number of hydrogen-bond acceptors (Lipinski definition) is 3. The number of halogens is 3. The highest BCUT2D eigenvalue weighted by molar-refractivity contribution is 6.30. The van der Waals surface area contributed by atoms with E-state index < -0.39 is 5.82 Å². The van der Waals surface area contributed by atoms with Crippen molar-refractivity contribution in [2.75, 3.05) is 5.32 Å². The molecule has 0 saturated carbocycles. The Kier molecular flexibility index (Phi) is 4.29. The van der Waals surface area contributed by atoms with Gasteiger partial charge in [0.15, 0.2) is 11.6 Å². The highest BCUT2D eigenvalue weighted by atomic mass is 35.5. The molecule has 2 aromatic rings. The minimum absolute atomic E-state index is 0.0340. The first-order valence-corrected chi connectivity index (χ1v) is 6.00. The molecule has 0 unspecified atom stereocenters. The molecule has 0 aliphatic rings. The van der Waals surface area contributed by atoms with E-state index in [1.54, 1.807) is 12.1 Å². The van der Waals surface area contributed by atoms with Crippen molar-refractivity contribution < 1.29 is 8.78 Å². The van der Waals surface area contributed by atoms with Crippen LogP contribution in [0, 0.1) is 11.6 Å². The van der Waals surface area contributed by atoms with Crippen molar-refractivity contribution in [2.45, 2.75) is 13.1 Å². The fourth-order valence-electron chi connectivity index (χ4n) is 1.58. The van der Waals surface area contributed by atoms with Crippen LogP contribution in [0.4, 0.5) is 14.6 Å². The summed E-state index contributed by atoms with van der Waals surface area (Å²) in [5.41, 5.74) is 6.53. The van der Waals surface area contributed by atoms with Gasteiger partial charge in [0.2, 0.25) is 0 Å². The van der Waals surface area contributed by atoms with Crippen LogP contribution in [0.3, 0.4) is 0 Å². The van der Waals surface area contributed by atoms with Gasteiger partial charge in [0.1, 0.15) is 5.82 Å². The summed E-state index contributed by atoms with van der Waals surface area (Å²) in [6.45, 7) is 0.403. The smallest absolute Gasteiger partial charge is 0.166 e. The molecule has 0 amide bonds. The number of aromatic nitrogens is 1. The van der Waals surface area contributed by atoms with E-state index >= 15 is 0 Å². The number of benzene rings is 1. The van der Waals surface area contributed by atoms with Gasteiger partial charge in [-0.3, -0.25) is 0 Å². The Labute approximate surface area is 114 Å². The molecule has 1 aromatic carbocycles. The molecule has 19 heavy (non-hydrogen) atoms. The predicted octanol–water partition coefficient (Wildman–Crippen LogP) is 3.08. The first-order valence-electron chi connectivity index (χ1n) is 5.62. The summed E-state index contributed by atoms with van der Waals surface area (Å²) < 4.78 is 27.1. The lowest BCUT2D eigenvalue weighted by molar-refractivity contribution is 0.607. The lowest BCUT2D eigenvalue weighted by atomic mass is 10.1. The zero-order chi connectivity index (χ0) is 13.8. The Hall–Kier alpha value is -1.72. The second kappa shape index (κ2) is 5.95. The van der Waals surface area contributed by atoms with E-state index in [2.05, 4.69) is 10.3 Å². The van der Waals surface area contributed by atoms with E-state index in [1.165, 1.54) is 12.3 Å². The van der Waals surface area contributed by atoms with Crippen molar-refractivity contribution in [2.24, 2.45) is 5.73 Å². The molecule has 0 bridgehead atoms. The Balaban J connectivity index is 2.10. The molecule has 3 N–H and O–H groups in total. The Morgan fingerprint density at radius 2 is 2.00 bits per heavy atom. The molecule has 0 saturated heterocycles. The molecule has 0 spiro atoms. The van der Waals surface area contributed by atoms with Gasteiger partial charge in [-0.15, -0.1) is 0 Å². The Morgan fingerprint density at radius 3 is 2.63 bits per heavy atom. The summed E-state index contributed by atoms with van der Waals surface area (Å²) >= 11 is 5.59. The molecule has 0 fully saturated rings. The molecule has 0 radical (unpaired) electrons. The number of hydrogen-bond donors (Lipinski definition) is 2. The van der Waals surface area contributed by atoms with Crippen LogP contribution in [0.1, 0.15) is 11.1 Å². The van der Waals surface area contributed by atoms with Crippen LogP contribution in [0.25, 0.3) is 0 Å². The monoisotopic (exact) mass is 283 g/mol. The van der Waals surface area contributed by atoms with Crippen molar-refractivity contribution in [3.8, 4) is 0 Å². The number of rotatable bonds is 4. The third-order valence-corrected chi connectivity index (χ3v) is 2.81. The molecule has 0 aliphatic carbocycles. The lowest BCUT2D eigenvalue weighted by Crippen LogP contribution is -2.06. The van der Waals surface area contributed by atoms with Crippen molar-refractivity contribution >= 4 is 17.4 Å². The quantitative estimate of drug-likeness (QED) is 0.906. The van der Waals surface area contributed by atoms with Gasteiger partial charge in [-0.05, 0) is 17.7 Å². The minimum Gasteiger partial charge on any atom is -0.363 e. The molecular weight excluding hydrogens is 272 g/mol. The normalized spacial score (nSPS) is 10.5.